The molecule has 0 amide bonds. The van der Waals surface area contributed by atoms with E-state index in [1.54, 1.807) is 18.9 Å². The van der Waals surface area contributed by atoms with Crippen LogP contribution in [-0.2, 0) is 4.79 Å². The van der Waals surface area contributed by atoms with Crippen molar-refractivity contribution in [1.29, 1.82) is 0 Å². The largest absolute Gasteiger partial charge is 0.496 e. The molecule has 0 aromatic heterocycles. The van der Waals surface area contributed by atoms with Crippen molar-refractivity contribution in [3.05, 3.63) is 23.8 Å². The summed E-state index contributed by atoms with van der Waals surface area (Å²) >= 11 is 1.60. The fourth-order valence-corrected chi connectivity index (χ4v) is 1.85. The Bertz CT molecular complexity index is 381. The van der Waals surface area contributed by atoms with E-state index in [9.17, 15) is 4.79 Å². The molecule has 1 aromatic carbocycles. The lowest BCUT2D eigenvalue weighted by atomic mass is 10.0. The van der Waals surface area contributed by atoms with E-state index in [0.717, 1.165) is 10.5 Å². The van der Waals surface area contributed by atoms with Gasteiger partial charge in [0.05, 0.1) is 13.5 Å². The van der Waals surface area contributed by atoms with E-state index in [-0.39, 0.29) is 6.42 Å². The molecule has 0 aliphatic carbocycles. The Labute approximate surface area is 98.8 Å². The predicted octanol–water partition coefficient (Wildman–Crippen LogP) is 1.89. The summed E-state index contributed by atoms with van der Waals surface area (Å²) < 4.78 is 5.20. The van der Waals surface area contributed by atoms with E-state index in [1.165, 1.54) is 0 Å². The van der Waals surface area contributed by atoms with Crippen molar-refractivity contribution < 1.29 is 14.6 Å². The van der Waals surface area contributed by atoms with Gasteiger partial charge in [0, 0.05) is 16.5 Å². The average Bonchev–Trinajstić information content (AvgIpc) is 2.27. The highest BCUT2D eigenvalue weighted by Gasteiger charge is 2.15. The lowest BCUT2D eigenvalue weighted by molar-refractivity contribution is -0.137. The molecule has 1 unspecified atom stereocenters. The number of carboxylic acid groups (broad SMARTS) is 1. The van der Waals surface area contributed by atoms with Gasteiger partial charge in [-0.05, 0) is 18.4 Å². The molecule has 1 atom stereocenters. The molecule has 0 saturated carbocycles. The van der Waals surface area contributed by atoms with Crippen LogP contribution in [0.1, 0.15) is 18.0 Å². The molecule has 88 valence electrons. The number of hydrogen-bond acceptors (Lipinski definition) is 4. The van der Waals surface area contributed by atoms with Crippen LogP contribution in [0.25, 0.3) is 0 Å². The van der Waals surface area contributed by atoms with Gasteiger partial charge in [-0.3, -0.25) is 4.79 Å². The lowest BCUT2D eigenvalue weighted by Gasteiger charge is -2.14. The Morgan fingerprint density at radius 1 is 1.62 bits per heavy atom. The lowest BCUT2D eigenvalue weighted by Crippen LogP contribution is -2.15. The van der Waals surface area contributed by atoms with Gasteiger partial charge in [-0.25, -0.2) is 0 Å². The second kappa shape index (κ2) is 5.77. The minimum atomic E-state index is -0.913. The third-order valence-electron chi connectivity index (χ3n) is 2.23. The zero-order valence-corrected chi connectivity index (χ0v) is 10.1. The summed E-state index contributed by atoms with van der Waals surface area (Å²) in [6.07, 6.45) is 1.86. The number of nitrogens with two attached hydrogens (primary N) is 1. The van der Waals surface area contributed by atoms with E-state index < -0.39 is 12.0 Å². The first-order valence-electron chi connectivity index (χ1n) is 4.77. The number of carboxylic acids is 1. The highest BCUT2D eigenvalue weighted by atomic mass is 32.2. The van der Waals surface area contributed by atoms with Crippen molar-refractivity contribution in [1.82, 2.24) is 0 Å². The third-order valence-corrected chi connectivity index (χ3v) is 2.96. The minimum Gasteiger partial charge on any atom is -0.496 e. The summed E-state index contributed by atoms with van der Waals surface area (Å²) in [4.78, 5) is 11.6. The zero-order chi connectivity index (χ0) is 12.1. The Morgan fingerprint density at radius 2 is 2.31 bits per heavy atom. The number of hydrogen-bond donors (Lipinski definition) is 2. The smallest absolute Gasteiger partial charge is 0.305 e. The number of ether oxygens (including phenoxy) is 1. The summed E-state index contributed by atoms with van der Waals surface area (Å²) in [7, 11) is 1.55. The molecular weight excluding hydrogens is 226 g/mol. The van der Waals surface area contributed by atoms with Crippen LogP contribution >= 0.6 is 11.8 Å². The highest BCUT2D eigenvalue weighted by molar-refractivity contribution is 7.98. The van der Waals surface area contributed by atoms with Crippen LogP contribution in [0.15, 0.2) is 23.1 Å². The van der Waals surface area contributed by atoms with Gasteiger partial charge in [0.1, 0.15) is 5.75 Å². The van der Waals surface area contributed by atoms with Crippen LogP contribution in [0, 0.1) is 0 Å². The number of benzene rings is 1. The monoisotopic (exact) mass is 241 g/mol. The second-order valence-electron chi connectivity index (χ2n) is 3.31. The SMILES string of the molecule is COc1cc(SC)ccc1C(N)CC(=O)O. The molecule has 4 nitrogen and oxygen atoms in total. The van der Waals surface area contributed by atoms with E-state index in [0.29, 0.717) is 5.75 Å². The Morgan fingerprint density at radius 3 is 2.81 bits per heavy atom. The first-order chi connectivity index (χ1) is 7.58. The van der Waals surface area contributed by atoms with Gasteiger partial charge in [0.25, 0.3) is 0 Å². The first kappa shape index (κ1) is 12.9. The molecule has 16 heavy (non-hydrogen) atoms. The molecule has 0 fully saturated rings. The van der Waals surface area contributed by atoms with E-state index in [4.69, 9.17) is 15.6 Å². The summed E-state index contributed by atoms with van der Waals surface area (Å²) in [5, 5.41) is 8.68. The highest BCUT2D eigenvalue weighted by Crippen LogP contribution is 2.29. The number of thioether (sulfide) groups is 1. The number of methoxy groups -OCH3 is 1. The average molecular weight is 241 g/mol. The molecule has 0 aliphatic heterocycles. The van der Waals surface area contributed by atoms with Gasteiger partial charge in [-0.2, -0.15) is 0 Å². The molecular formula is C11H15NO3S. The van der Waals surface area contributed by atoms with Crippen molar-refractivity contribution in [2.24, 2.45) is 5.73 Å². The van der Waals surface area contributed by atoms with Gasteiger partial charge in [0.2, 0.25) is 0 Å². The van der Waals surface area contributed by atoms with Crippen LogP contribution in [0.3, 0.4) is 0 Å². The van der Waals surface area contributed by atoms with E-state index in [2.05, 4.69) is 0 Å². The maximum absolute atomic E-state index is 10.6. The van der Waals surface area contributed by atoms with Crippen LogP contribution in [0.4, 0.5) is 0 Å². The normalized spacial score (nSPS) is 12.2. The van der Waals surface area contributed by atoms with Crippen LogP contribution in [-0.4, -0.2) is 24.4 Å². The van der Waals surface area contributed by atoms with Gasteiger partial charge < -0.3 is 15.6 Å². The maximum atomic E-state index is 10.6. The topological polar surface area (TPSA) is 72.5 Å². The Hall–Kier alpha value is -1.20. The Balaban J connectivity index is 2.98. The van der Waals surface area contributed by atoms with Crippen LogP contribution < -0.4 is 10.5 Å². The summed E-state index contributed by atoms with van der Waals surface area (Å²) in [6, 6.07) is 5.05. The third kappa shape index (κ3) is 3.15. The number of rotatable bonds is 5. The first-order valence-corrected chi connectivity index (χ1v) is 6.00. The zero-order valence-electron chi connectivity index (χ0n) is 9.27. The standard InChI is InChI=1S/C11H15NO3S/c1-15-10-5-7(16-2)3-4-8(10)9(12)6-11(13)14/h3-5,9H,6,12H2,1-2H3,(H,13,14). The van der Waals surface area contributed by atoms with Crippen molar-refractivity contribution in [2.45, 2.75) is 17.4 Å². The minimum absolute atomic E-state index is 0.102. The summed E-state index contributed by atoms with van der Waals surface area (Å²) in [6.45, 7) is 0. The van der Waals surface area contributed by atoms with Gasteiger partial charge >= 0.3 is 5.97 Å². The van der Waals surface area contributed by atoms with Crippen molar-refractivity contribution in [3.63, 3.8) is 0 Å². The Kier molecular flexibility index (Phi) is 4.64. The van der Waals surface area contributed by atoms with E-state index >= 15 is 0 Å². The summed E-state index contributed by atoms with van der Waals surface area (Å²) in [5.74, 6) is -0.274. The molecule has 5 heteroatoms. The predicted molar refractivity (Wildman–Crippen MR) is 64.0 cm³/mol. The van der Waals surface area contributed by atoms with Crippen LogP contribution in [0.2, 0.25) is 0 Å². The van der Waals surface area contributed by atoms with Gasteiger partial charge in [-0.1, -0.05) is 6.07 Å². The van der Waals surface area contributed by atoms with Crippen molar-refractivity contribution in [3.8, 4) is 5.75 Å². The fraction of sp³-hybridized carbons (Fsp3) is 0.364. The van der Waals surface area contributed by atoms with Gasteiger partial charge in [-0.15, -0.1) is 11.8 Å². The fourth-order valence-electron chi connectivity index (χ4n) is 1.42. The molecule has 0 heterocycles. The molecule has 0 bridgehead atoms. The molecule has 0 radical (unpaired) electrons. The van der Waals surface area contributed by atoms with Crippen molar-refractivity contribution in [2.75, 3.05) is 13.4 Å². The second-order valence-corrected chi connectivity index (χ2v) is 4.19. The number of carbonyl (C=O) groups is 1. The molecule has 0 saturated heterocycles. The molecule has 3 N–H and O–H groups in total. The molecule has 0 aliphatic rings. The quantitative estimate of drug-likeness (QED) is 0.770. The van der Waals surface area contributed by atoms with Crippen molar-refractivity contribution >= 4 is 17.7 Å². The molecule has 1 rings (SSSR count). The molecule has 1 aromatic rings. The van der Waals surface area contributed by atoms with Crippen LogP contribution in [0.5, 0.6) is 5.75 Å². The van der Waals surface area contributed by atoms with E-state index in [1.807, 2.05) is 24.5 Å². The summed E-state index contributed by atoms with van der Waals surface area (Å²) in [5.41, 5.74) is 6.52. The molecule has 0 spiro atoms. The maximum Gasteiger partial charge on any atom is 0.305 e. The number of aliphatic carboxylic acids is 1. The van der Waals surface area contributed by atoms with Gasteiger partial charge in [0.15, 0.2) is 0 Å².